The molecule has 8 heteroatoms. The van der Waals surface area contributed by atoms with Gasteiger partial charge in [-0.1, -0.05) is 41.5 Å². The second kappa shape index (κ2) is 5.02. The predicted molar refractivity (Wildman–Crippen MR) is 74.7 cm³/mol. The number of rotatable bonds is 3. The highest BCUT2D eigenvalue weighted by Gasteiger charge is 2.38. The largest absolute Gasteiger partial charge is 0.343 e. The molecule has 2 N–H and O–H groups in total. The Hall–Kier alpha value is 1.14. The molecule has 2 unspecified atom stereocenters. The minimum Gasteiger partial charge on any atom is -0.343 e. The monoisotopic (exact) mass is 306 g/mol. The molecule has 0 aromatic rings. The highest BCUT2D eigenvalue weighted by Crippen LogP contribution is 2.62. The third kappa shape index (κ3) is 4.43. The van der Waals surface area contributed by atoms with Gasteiger partial charge in [0.2, 0.25) is 13.0 Å². The van der Waals surface area contributed by atoms with E-state index < -0.39 is 23.3 Å². The summed E-state index contributed by atoms with van der Waals surface area (Å²) in [5.41, 5.74) is 0. The Morgan fingerprint density at radius 3 is 1.06 bits per heavy atom. The molecular weight excluding hydrogens is 286 g/mol. The van der Waals surface area contributed by atoms with Gasteiger partial charge < -0.3 is 9.79 Å². The van der Waals surface area contributed by atoms with E-state index in [1.807, 2.05) is 0 Å². The van der Waals surface area contributed by atoms with E-state index in [-0.39, 0.29) is 0 Å². The van der Waals surface area contributed by atoms with E-state index in [1.165, 1.54) is 0 Å². The van der Waals surface area contributed by atoms with Crippen molar-refractivity contribution < 1.29 is 19.1 Å². The fraction of sp³-hybridized carbons (Fsp3) is 1.00. The number of hydrogen-bond donors (Lipinski definition) is 2. The topological polar surface area (TPSA) is 58.9 Å². The van der Waals surface area contributed by atoms with Crippen molar-refractivity contribution in [3.8, 4) is 0 Å². The Labute approximate surface area is 108 Å². The second-order valence-electron chi connectivity index (χ2n) is 5.53. The van der Waals surface area contributed by atoms with Crippen LogP contribution in [0.5, 0.6) is 0 Å². The summed E-state index contributed by atoms with van der Waals surface area (Å²) >= 11 is 9.90. The third-order valence-corrected chi connectivity index (χ3v) is 9.64. The fourth-order valence-electron chi connectivity index (χ4n) is 0.314. The average Bonchev–Trinajstić information content (AvgIpc) is 1.97. The quantitative estimate of drug-likeness (QED) is 0.474. The molecule has 0 amide bonds. The molecule has 16 heavy (non-hydrogen) atoms. The molecule has 98 valence electrons. The molecule has 0 heterocycles. The molecule has 0 aromatic carbocycles. The first-order valence-electron chi connectivity index (χ1n) is 4.74. The van der Waals surface area contributed by atoms with Crippen LogP contribution in [0.25, 0.3) is 0 Å². The zero-order valence-corrected chi connectivity index (χ0v) is 13.8. The molecule has 0 rings (SSSR count). The van der Waals surface area contributed by atoms with Gasteiger partial charge in [-0.3, -0.25) is 0 Å². The summed E-state index contributed by atoms with van der Waals surface area (Å²) in [6.07, 6.45) is 0. The van der Waals surface area contributed by atoms with Crippen LogP contribution in [0.2, 0.25) is 0 Å². The zero-order chi connectivity index (χ0) is 13.4. The summed E-state index contributed by atoms with van der Waals surface area (Å²) < 4.78 is 9.72. The van der Waals surface area contributed by atoms with Crippen molar-refractivity contribution in [3.63, 3.8) is 0 Å². The molecule has 0 bridgehead atoms. The minimum absolute atomic E-state index is 0.616. The van der Waals surface area contributed by atoms with Crippen LogP contribution in [-0.4, -0.2) is 20.1 Å². The van der Waals surface area contributed by atoms with Crippen molar-refractivity contribution in [2.75, 3.05) is 0 Å². The van der Waals surface area contributed by atoms with E-state index in [9.17, 15) is 9.79 Å². The maximum absolute atomic E-state index is 9.92. The lowest BCUT2D eigenvalue weighted by molar-refractivity contribution is -0.104. The van der Waals surface area contributed by atoms with Crippen molar-refractivity contribution in [2.24, 2.45) is 0 Å². The van der Waals surface area contributed by atoms with E-state index in [0.29, 0.717) is 0 Å². The van der Waals surface area contributed by atoms with Crippen molar-refractivity contribution in [1.82, 2.24) is 0 Å². The summed E-state index contributed by atoms with van der Waals surface area (Å²) in [5, 5.41) is -1.23. The van der Waals surface area contributed by atoms with Gasteiger partial charge in [0.1, 0.15) is 0 Å². The van der Waals surface area contributed by atoms with Gasteiger partial charge in [0.05, 0.1) is 0 Å². The van der Waals surface area contributed by atoms with Crippen LogP contribution in [-0.2, 0) is 33.0 Å². The van der Waals surface area contributed by atoms with Crippen LogP contribution in [0.1, 0.15) is 41.5 Å². The lowest BCUT2D eigenvalue weighted by Crippen LogP contribution is -2.19. The maximum atomic E-state index is 9.92. The molecule has 0 aliphatic carbocycles. The molecule has 0 aliphatic rings. The zero-order valence-electron chi connectivity index (χ0n) is 10.4. The molecular formula is C8H20O4P2S2. The van der Waals surface area contributed by atoms with Gasteiger partial charge in [-0.15, -0.1) is 0 Å². The van der Waals surface area contributed by atoms with Gasteiger partial charge in [0.15, 0.2) is 0 Å². The van der Waals surface area contributed by atoms with Gasteiger partial charge >= 0.3 is 0 Å². The standard InChI is InChI=1S/C8H20O4P2S2/c1-7(2,3)13(9,15)11-12-14(10,16)8(4,5)6/h1-6H3,(H,9,15)(H,10,16). The summed E-state index contributed by atoms with van der Waals surface area (Å²) in [6, 6.07) is 0. The average molecular weight is 306 g/mol. The minimum atomic E-state index is -3.13. The predicted octanol–water partition coefficient (Wildman–Crippen LogP) is 3.14. The van der Waals surface area contributed by atoms with Crippen molar-refractivity contribution in [3.05, 3.63) is 0 Å². The Balaban J connectivity index is 4.73. The van der Waals surface area contributed by atoms with Gasteiger partial charge in [-0.2, -0.15) is 9.35 Å². The van der Waals surface area contributed by atoms with Crippen molar-refractivity contribution >= 4 is 36.6 Å². The summed E-state index contributed by atoms with van der Waals surface area (Å²) in [7, 11) is 0. The summed E-state index contributed by atoms with van der Waals surface area (Å²) in [5.74, 6) is 0. The summed E-state index contributed by atoms with van der Waals surface area (Å²) in [4.78, 5) is 19.8. The molecule has 0 fully saturated rings. The Morgan fingerprint density at radius 1 is 0.750 bits per heavy atom. The van der Waals surface area contributed by atoms with Crippen LogP contribution >= 0.6 is 13.0 Å². The van der Waals surface area contributed by atoms with Gasteiger partial charge in [0, 0.05) is 10.3 Å². The first kappa shape index (κ1) is 17.1. The van der Waals surface area contributed by atoms with Crippen molar-refractivity contribution in [2.45, 2.75) is 51.9 Å². The van der Waals surface area contributed by atoms with Crippen molar-refractivity contribution in [1.29, 1.82) is 0 Å². The lowest BCUT2D eigenvalue weighted by atomic mass is 10.3. The van der Waals surface area contributed by atoms with Crippen LogP contribution < -0.4 is 0 Å². The second-order valence-corrected chi connectivity index (χ2v) is 13.6. The van der Waals surface area contributed by atoms with Gasteiger partial charge in [0.25, 0.3) is 0 Å². The molecule has 0 aromatic heterocycles. The maximum Gasteiger partial charge on any atom is 0.225 e. The van der Waals surface area contributed by atoms with E-state index in [4.69, 9.17) is 33.0 Å². The molecule has 4 nitrogen and oxygen atoms in total. The van der Waals surface area contributed by atoms with E-state index in [2.05, 4.69) is 0 Å². The highest BCUT2D eigenvalue weighted by atomic mass is 32.5. The van der Waals surface area contributed by atoms with Crippen LogP contribution in [0.15, 0.2) is 0 Å². The smallest absolute Gasteiger partial charge is 0.225 e. The van der Waals surface area contributed by atoms with E-state index >= 15 is 0 Å². The third-order valence-electron chi connectivity index (χ3n) is 1.93. The van der Waals surface area contributed by atoms with Crippen LogP contribution in [0.3, 0.4) is 0 Å². The number of hydrogen-bond acceptors (Lipinski definition) is 4. The van der Waals surface area contributed by atoms with Crippen LogP contribution in [0, 0.1) is 0 Å². The lowest BCUT2D eigenvalue weighted by Gasteiger charge is -2.32. The summed E-state index contributed by atoms with van der Waals surface area (Å²) in [6.45, 7) is 4.21. The Bertz CT molecular complexity index is 309. The Morgan fingerprint density at radius 2 is 0.938 bits per heavy atom. The highest BCUT2D eigenvalue weighted by molar-refractivity contribution is 8.11. The molecule has 0 radical (unpaired) electrons. The molecule has 0 spiro atoms. The molecule has 2 atom stereocenters. The van der Waals surface area contributed by atoms with Gasteiger partial charge in [-0.05, 0) is 23.6 Å². The molecule has 0 saturated heterocycles. The Kier molecular flexibility index (Phi) is 5.38. The first-order valence-corrected chi connectivity index (χ1v) is 10.1. The fourth-order valence-corrected chi connectivity index (χ4v) is 1.97. The van der Waals surface area contributed by atoms with E-state index in [1.54, 1.807) is 41.5 Å². The SMILES string of the molecule is CC(C)(C)P(O)(=S)OOP(O)(=S)C(C)(C)C. The van der Waals surface area contributed by atoms with E-state index in [0.717, 1.165) is 0 Å². The van der Waals surface area contributed by atoms with Gasteiger partial charge in [-0.25, -0.2) is 0 Å². The first-order chi connectivity index (χ1) is 6.71. The molecule has 0 aliphatic heterocycles. The molecule has 0 saturated carbocycles. The van der Waals surface area contributed by atoms with Crippen LogP contribution in [0.4, 0.5) is 0 Å². The normalized spacial score (nSPS) is 21.2.